The molecular weight excluding hydrogens is 420 g/mol. The number of carbonyl (C=O) groups is 1. The molecule has 1 N–H and O–H groups in total. The molecular formula is C17H15BrN4OS2. The zero-order valence-corrected chi connectivity index (χ0v) is 16.8. The Morgan fingerprint density at radius 1 is 1.40 bits per heavy atom. The van der Waals surface area contributed by atoms with Crippen LogP contribution in [0.5, 0.6) is 0 Å². The number of hydrazone groups is 1. The van der Waals surface area contributed by atoms with Crippen LogP contribution in [-0.2, 0) is 4.79 Å². The quantitative estimate of drug-likeness (QED) is 0.790. The van der Waals surface area contributed by atoms with E-state index < -0.39 is 0 Å². The maximum absolute atomic E-state index is 12.9. The van der Waals surface area contributed by atoms with Gasteiger partial charge in [-0.25, -0.2) is 5.01 Å². The summed E-state index contributed by atoms with van der Waals surface area (Å²) < 4.78 is 0.908. The van der Waals surface area contributed by atoms with Gasteiger partial charge in [0.2, 0.25) is 0 Å². The number of amides is 1. The van der Waals surface area contributed by atoms with Gasteiger partial charge in [-0.05, 0) is 47.9 Å². The topological polar surface area (TPSA) is 57.1 Å². The summed E-state index contributed by atoms with van der Waals surface area (Å²) in [5, 5.41) is 13.6. The van der Waals surface area contributed by atoms with Gasteiger partial charge in [0.15, 0.2) is 11.3 Å². The minimum absolute atomic E-state index is 0.139. The molecule has 0 saturated heterocycles. The lowest BCUT2D eigenvalue weighted by Crippen LogP contribution is -2.50. The van der Waals surface area contributed by atoms with E-state index in [9.17, 15) is 4.79 Å². The van der Waals surface area contributed by atoms with E-state index in [0.29, 0.717) is 10.9 Å². The largest absolute Gasteiger partial charge is 0.298 e. The van der Waals surface area contributed by atoms with Gasteiger partial charge >= 0.3 is 0 Å². The normalized spacial score (nSPS) is 18.9. The zero-order valence-electron chi connectivity index (χ0n) is 13.6. The molecule has 3 heterocycles. The number of nitrogens with zero attached hydrogens (tertiary/aromatic N) is 3. The average molecular weight is 435 g/mol. The molecule has 5 nitrogen and oxygen atoms in total. The number of halogens is 1. The Morgan fingerprint density at radius 2 is 2.24 bits per heavy atom. The molecule has 0 unspecified atom stereocenters. The molecule has 2 aliphatic rings. The summed E-state index contributed by atoms with van der Waals surface area (Å²) in [6, 6.07) is 7.87. The van der Waals surface area contributed by atoms with Crippen LogP contribution in [0.1, 0.15) is 23.5 Å². The monoisotopic (exact) mass is 434 g/mol. The van der Waals surface area contributed by atoms with Crippen LogP contribution in [0.2, 0.25) is 0 Å². The van der Waals surface area contributed by atoms with Gasteiger partial charge in [0, 0.05) is 9.69 Å². The van der Waals surface area contributed by atoms with E-state index in [2.05, 4.69) is 34.2 Å². The van der Waals surface area contributed by atoms with Crippen molar-refractivity contribution in [2.45, 2.75) is 20.0 Å². The summed E-state index contributed by atoms with van der Waals surface area (Å²) >= 11 is 6.64. The second-order valence-electron chi connectivity index (χ2n) is 5.62. The molecule has 2 aromatic rings. The number of rotatable bonds is 2. The SMILES string of the molecule is CCSC1=NN2C(=c3cc(Br)ccc3=N[C@H]2c2sccc2C)C(=O)N1. The smallest absolute Gasteiger partial charge is 0.276 e. The zero-order chi connectivity index (χ0) is 17.6. The number of thiophene rings is 1. The first kappa shape index (κ1) is 16.8. The van der Waals surface area contributed by atoms with Gasteiger partial charge in [0.1, 0.15) is 5.70 Å². The van der Waals surface area contributed by atoms with Gasteiger partial charge < -0.3 is 0 Å². The van der Waals surface area contributed by atoms with Gasteiger partial charge in [-0.2, -0.15) is 0 Å². The standard InChI is InChI=1S/C17H15BrN4OS2/c1-3-24-17-20-16(23)13-11-8-10(18)4-5-12(11)19-15(22(13)21-17)14-9(2)6-7-25-14/h4-8,15H,3H2,1-2H3,(H,20,21,23)/t15-/m1/s1. The highest BCUT2D eigenvalue weighted by Crippen LogP contribution is 2.35. The van der Waals surface area contributed by atoms with Crippen LogP contribution >= 0.6 is 39.0 Å². The van der Waals surface area contributed by atoms with Crippen LogP contribution in [0.3, 0.4) is 0 Å². The lowest BCUT2D eigenvalue weighted by Gasteiger charge is -2.33. The van der Waals surface area contributed by atoms with Crippen molar-refractivity contribution in [3.8, 4) is 0 Å². The maximum Gasteiger partial charge on any atom is 0.276 e. The maximum atomic E-state index is 12.9. The van der Waals surface area contributed by atoms with Crippen molar-refractivity contribution >= 4 is 55.8 Å². The molecule has 1 amide bonds. The number of carbonyl (C=O) groups excluding carboxylic acids is 1. The fourth-order valence-corrected chi connectivity index (χ4v) is 4.77. The van der Waals surface area contributed by atoms with Crippen LogP contribution < -0.4 is 15.9 Å². The number of benzene rings is 1. The van der Waals surface area contributed by atoms with E-state index in [1.54, 1.807) is 16.3 Å². The van der Waals surface area contributed by atoms with Crippen LogP contribution in [0.15, 0.2) is 44.2 Å². The Morgan fingerprint density at radius 3 is 2.96 bits per heavy atom. The Kier molecular flexibility index (Phi) is 4.43. The molecule has 1 atom stereocenters. The van der Waals surface area contributed by atoms with Crippen LogP contribution in [0, 0.1) is 6.92 Å². The fraction of sp³-hybridized carbons (Fsp3) is 0.235. The Balaban J connectivity index is 1.99. The summed E-state index contributed by atoms with van der Waals surface area (Å²) in [5.74, 6) is 0.698. The van der Waals surface area contributed by atoms with Crippen molar-refractivity contribution in [2.24, 2.45) is 10.1 Å². The third-order valence-electron chi connectivity index (χ3n) is 3.99. The molecule has 0 saturated carbocycles. The van der Waals surface area contributed by atoms with E-state index >= 15 is 0 Å². The van der Waals surface area contributed by atoms with E-state index in [-0.39, 0.29) is 12.1 Å². The van der Waals surface area contributed by atoms with Crippen molar-refractivity contribution in [1.82, 2.24) is 10.3 Å². The summed E-state index contributed by atoms with van der Waals surface area (Å²) in [6.07, 6.45) is -0.317. The summed E-state index contributed by atoms with van der Waals surface area (Å²) in [4.78, 5) is 18.9. The summed E-state index contributed by atoms with van der Waals surface area (Å²) in [7, 11) is 0. The second kappa shape index (κ2) is 6.59. The Hall–Kier alpha value is -1.64. The van der Waals surface area contributed by atoms with Gasteiger partial charge in [0.05, 0.1) is 10.2 Å². The minimum atomic E-state index is -0.317. The molecule has 8 heteroatoms. The molecule has 0 radical (unpaired) electrons. The van der Waals surface area contributed by atoms with Crippen molar-refractivity contribution in [3.05, 3.63) is 55.1 Å². The van der Waals surface area contributed by atoms with Crippen LogP contribution in [-0.4, -0.2) is 21.8 Å². The fourth-order valence-electron chi connectivity index (χ4n) is 2.87. The van der Waals surface area contributed by atoms with Crippen molar-refractivity contribution in [3.63, 3.8) is 0 Å². The van der Waals surface area contributed by atoms with E-state index in [1.165, 1.54) is 11.8 Å². The van der Waals surface area contributed by atoms with Gasteiger partial charge in [-0.15, -0.1) is 16.4 Å². The van der Waals surface area contributed by atoms with E-state index in [0.717, 1.165) is 31.2 Å². The van der Waals surface area contributed by atoms with E-state index in [1.807, 2.05) is 30.5 Å². The molecule has 0 spiro atoms. The molecule has 0 aliphatic carbocycles. The van der Waals surface area contributed by atoms with Crippen molar-refractivity contribution < 1.29 is 4.79 Å². The first-order valence-electron chi connectivity index (χ1n) is 7.82. The first-order valence-corrected chi connectivity index (χ1v) is 10.5. The molecule has 4 rings (SSSR count). The Labute approximate surface area is 161 Å². The lowest BCUT2D eigenvalue weighted by molar-refractivity contribution is -0.116. The summed E-state index contributed by atoms with van der Waals surface area (Å²) in [6.45, 7) is 4.10. The molecule has 2 aliphatic heterocycles. The Bertz CT molecular complexity index is 1010. The number of aryl methyl sites for hydroxylation is 1. The number of hydrogen-bond donors (Lipinski definition) is 1. The first-order chi connectivity index (χ1) is 12.1. The van der Waals surface area contributed by atoms with Gasteiger partial charge in [0.25, 0.3) is 5.91 Å². The highest BCUT2D eigenvalue weighted by atomic mass is 79.9. The lowest BCUT2D eigenvalue weighted by atomic mass is 10.1. The average Bonchev–Trinajstić information content (AvgIpc) is 3.00. The highest BCUT2D eigenvalue weighted by molar-refractivity contribution is 9.10. The summed E-state index contributed by atoms with van der Waals surface area (Å²) in [5.41, 5.74) is 1.70. The van der Waals surface area contributed by atoms with Gasteiger partial charge in [-0.1, -0.05) is 34.6 Å². The third-order valence-corrected chi connectivity index (χ3v) is 6.29. The molecule has 0 fully saturated rings. The number of hydrogen-bond acceptors (Lipinski definition) is 6. The number of fused-ring (bicyclic) bond motifs is 2. The third kappa shape index (κ3) is 2.92. The molecule has 1 aromatic heterocycles. The van der Waals surface area contributed by atoms with Crippen LogP contribution in [0.25, 0.3) is 5.70 Å². The highest BCUT2D eigenvalue weighted by Gasteiger charge is 2.35. The predicted octanol–water partition coefficient (Wildman–Crippen LogP) is 2.72. The van der Waals surface area contributed by atoms with Gasteiger partial charge in [-0.3, -0.25) is 15.1 Å². The molecule has 1 aromatic carbocycles. The molecule has 128 valence electrons. The number of thioether (sulfide) groups is 1. The number of amidine groups is 1. The predicted molar refractivity (Wildman–Crippen MR) is 106 cm³/mol. The number of nitrogens with one attached hydrogen (secondary N) is 1. The van der Waals surface area contributed by atoms with Crippen molar-refractivity contribution in [2.75, 3.05) is 5.75 Å². The van der Waals surface area contributed by atoms with Crippen LogP contribution in [0.4, 0.5) is 0 Å². The minimum Gasteiger partial charge on any atom is -0.298 e. The van der Waals surface area contributed by atoms with E-state index in [4.69, 9.17) is 10.1 Å². The molecule has 0 bridgehead atoms. The second-order valence-corrected chi connectivity index (χ2v) is 8.73. The van der Waals surface area contributed by atoms with Crippen molar-refractivity contribution in [1.29, 1.82) is 0 Å². The molecule has 25 heavy (non-hydrogen) atoms.